The van der Waals surface area contributed by atoms with E-state index in [1.165, 1.54) is 11.3 Å². The highest BCUT2D eigenvalue weighted by Gasteiger charge is 2.43. The number of rotatable bonds is 3. The normalized spacial score (nSPS) is 23.3. The topological polar surface area (TPSA) is 52.9 Å². The SMILES string of the molecule is O=C1c2ccsc2N=C2C1C(CCO)CCN2c1ccccc1. The van der Waals surface area contributed by atoms with Gasteiger partial charge in [-0.15, -0.1) is 11.3 Å². The summed E-state index contributed by atoms with van der Waals surface area (Å²) in [6, 6.07) is 12.0. The van der Waals surface area contributed by atoms with Crippen LogP contribution in [0.15, 0.2) is 46.8 Å². The van der Waals surface area contributed by atoms with Crippen molar-refractivity contribution in [3.05, 3.63) is 47.3 Å². The number of amidine groups is 1. The molecule has 2 aliphatic heterocycles. The zero-order chi connectivity index (χ0) is 15.8. The molecule has 1 aromatic carbocycles. The Morgan fingerprint density at radius 2 is 2.09 bits per heavy atom. The van der Waals surface area contributed by atoms with Crippen molar-refractivity contribution in [1.29, 1.82) is 0 Å². The van der Waals surface area contributed by atoms with Crippen LogP contribution in [0.4, 0.5) is 10.7 Å². The Kier molecular flexibility index (Phi) is 3.75. The Bertz CT molecular complexity index is 753. The average Bonchev–Trinajstić information content (AvgIpc) is 3.05. The van der Waals surface area contributed by atoms with Crippen molar-refractivity contribution in [1.82, 2.24) is 0 Å². The number of Topliss-reactive ketones (excluding diaryl/α,β-unsaturated/α-hetero) is 1. The Hall–Kier alpha value is -1.98. The molecule has 5 heteroatoms. The molecule has 2 aromatic rings. The first-order chi connectivity index (χ1) is 11.3. The van der Waals surface area contributed by atoms with Crippen molar-refractivity contribution in [2.45, 2.75) is 12.8 Å². The molecule has 23 heavy (non-hydrogen) atoms. The van der Waals surface area contributed by atoms with E-state index < -0.39 is 0 Å². The van der Waals surface area contributed by atoms with Crippen molar-refractivity contribution < 1.29 is 9.90 Å². The Morgan fingerprint density at radius 1 is 1.26 bits per heavy atom. The van der Waals surface area contributed by atoms with E-state index >= 15 is 0 Å². The van der Waals surface area contributed by atoms with Gasteiger partial charge < -0.3 is 10.0 Å². The van der Waals surface area contributed by atoms with E-state index in [0.717, 1.165) is 35.1 Å². The molecule has 1 N–H and O–H groups in total. The molecule has 2 aliphatic rings. The van der Waals surface area contributed by atoms with Gasteiger partial charge in [-0.25, -0.2) is 4.99 Å². The predicted molar refractivity (Wildman–Crippen MR) is 92.8 cm³/mol. The summed E-state index contributed by atoms with van der Waals surface area (Å²) in [6.07, 6.45) is 1.54. The lowest BCUT2D eigenvalue weighted by molar-refractivity contribution is 0.0896. The number of para-hydroxylation sites is 1. The van der Waals surface area contributed by atoms with E-state index in [2.05, 4.69) is 17.0 Å². The number of carbonyl (C=O) groups excluding carboxylic acids is 1. The van der Waals surface area contributed by atoms with Crippen molar-refractivity contribution in [3.63, 3.8) is 0 Å². The number of fused-ring (bicyclic) bond motifs is 2. The summed E-state index contributed by atoms with van der Waals surface area (Å²) in [7, 11) is 0. The standard InChI is InChI=1S/C18H18N2O2S/c21-10-7-12-6-9-20(13-4-2-1-3-5-13)17-15(12)16(22)14-8-11-23-18(14)19-17/h1-5,8,11-12,15,21H,6-7,9-10H2. The number of ketones is 1. The summed E-state index contributed by atoms with van der Waals surface area (Å²) in [4.78, 5) is 20.0. The number of piperidine rings is 1. The van der Waals surface area contributed by atoms with Crippen LogP contribution in [0.3, 0.4) is 0 Å². The largest absolute Gasteiger partial charge is 0.396 e. The van der Waals surface area contributed by atoms with Crippen molar-refractivity contribution in [2.75, 3.05) is 18.1 Å². The first kappa shape index (κ1) is 14.6. The fraction of sp³-hybridized carbons (Fsp3) is 0.333. The molecule has 0 bridgehead atoms. The summed E-state index contributed by atoms with van der Waals surface area (Å²) in [6.45, 7) is 0.946. The maximum atomic E-state index is 13.0. The molecule has 2 atom stereocenters. The van der Waals surface area contributed by atoms with Crippen molar-refractivity contribution in [2.24, 2.45) is 16.8 Å². The van der Waals surface area contributed by atoms with Gasteiger partial charge in [-0.3, -0.25) is 4.79 Å². The summed E-state index contributed by atoms with van der Waals surface area (Å²) in [5, 5.41) is 12.1. The van der Waals surface area contributed by atoms with Gasteiger partial charge in [0, 0.05) is 18.8 Å². The number of aliphatic hydroxyl groups excluding tert-OH is 1. The second-order valence-electron chi connectivity index (χ2n) is 6.00. The van der Waals surface area contributed by atoms with Gasteiger partial charge >= 0.3 is 0 Å². The van der Waals surface area contributed by atoms with Crippen LogP contribution in [0.1, 0.15) is 23.2 Å². The molecule has 0 amide bonds. The third-order valence-electron chi connectivity index (χ3n) is 4.73. The van der Waals surface area contributed by atoms with Crippen LogP contribution in [0.5, 0.6) is 0 Å². The van der Waals surface area contributed by atoms with E-state index in [1.54, 1.807) is 0 Å². The minimum Gasteiger partial charge on any atom is -0.396 e. The molecule has 1 saturated heterocycles. The maximum absolute atomic E-state index is 13.0. The van der Waals surface area contributed by atoms with Crippen LogP contribution in [0, 0.1) is 11.8 Å². The van der Waals surface area contributed by atoms with Crippen molar-refractivity contribution in [3.8, 4) is 0 Å². The number of hydrogen-bond acceptors (Lipinski definition) is 5. The molecular weight excluding hydrogens is 308 g/mol. The number of thiophene rings is 1. The molecule has 4 rings (SSSR count). The van der Waals surface area contributed by atoms with Gasteiger partial charge in [0.25, 0.3) is 0 Å². The second kappa shape index (κ2) is 5.91. The molecule has 0 spiro atoms. The van der Waals surface area contributed by atoms with Crippen LogP contribution in [-0.2, 0) is 0 Å². The second-order valence-corrected chi connectivity index (χ2v) is 6.89. The van der Waals surface area contributed by atoms with Gasteiger partial charge in [-0.1, -0.05) is 18.2 Å². The van der Waals surface area contributed by atoms with Gasteiger partial charge in [0.15, 0.2) is 5.78 Å². The first-order valence-corrected chi connectivity index (χ1v) is 8.81. The Morgan fingerprint density at radius 3 is 2.87 bits per heavy atom. The third kappa shape index (κ3) is 2.40. The number of nitrogens with zero attached hydrogens (tertiary/aromatic N) is 2. The first-order valence-electron chi connectivity index (χ1n) is 7.93. The highest BCUT2D eigenvalue weighted by Crippen LogP contribution is 2.41. The maximum Gasteiger partial charge on any atom is 0.176 e. The predicted octanol–water partition coefficient (Wildman–Crippen LogP) is 3.50. The van der Waals surface area contributed by atoms with Crippen molar-refractivity contribution >= 4 is 33.6 Å². The number of carbonyl (C=O) groups is 1. The molecular formula is C18H18N2O2S. The molecule has 118 valence electrons. The fourth-order valence-corrected chi connectivity index (χ4v) is 4.38. The molecule has 0 aliphatic carbocycles. The van der Waals surface area contributed by atoms with Gasteiger partial charge in [0.2, 0.25) is 0 Å². The summed E-state index contributed by atoms with van der Waals surface area (Å²) in [5.41, 5.74) is 1.81. The van der Waals surface area contributed by atoms with Crippen LogP contribution in [-0.4, -0.2) is 29.9 Å². The zero-order valence-electron chi connectivity index (χ0n) is 12.7. The number of aliphatic hydroxyl groups is 1. The number of benzene rings is 1. The molecule has 1 aromatic heterocycles. The minimum atomic E-state index is -0.238. The van der Waals surface area contributed by atoms with E-state index in [0.29, 0.717) is 6.42 Å². The summed E-state index contributed by atoms with van der Waals surface area (Å²) >= 11 is 1.51. The highest BCUT2D eigenvalue weighted by atomic mass is 32.1. The fourth-order valence-electron chi connectivity index (χ4n) is 3.61. The van der Waals surface area contributed by atoms with E-state index in [4.69, 9.17) is 4.99 Å². The Balaban J connectivity index is 1.80. The van der Waals surface area contributed by atoms with Gasteiger partial charge in [-0.05, 0) is 42.3 Å². The molecule has 4 nitrogen and oxygen atoms in total. The van der Waals surface area contributed by atoms with Crippen LogP contribution < -0.4 is 4.90 Å². The monoisotopic (exact) mass is 326 g/mol. The number of anilines is 1. The third-order valence-corrected chi connectivity index (χ3v) is 5.53. The van der Waals surface area contributed by atoms with Crippen LogP contribution in [0.2, 0.25) is 0 Å². The quantitative estimate of drug-likeness (QED) is 0.939. The van der Waals surface area contributed by atoms with Crippen LogP contribution >= 0.6 is 11.3 Å². The van der Waals surface area contributed by atoms with Gasteiger partial charge in [0.1, 0.15) is 10.8 Å². The lowest BCUT2D eigenvalue weighted by atomic mass is 9.77. The lowest BCUT2D eigenvalue weighted by Gasteiger charge is -2.41. The summed E-state index contributed by atoms with van der Waals surface area (Å²) < 4.78 is 0. The average molecular weight is 326 g/mol. The summed E-state index contributed by atoms with van der Waals surface area (Å²) in [5.74, 6) is 0.934. The number of hydrogen-bond donors (Lipinski definition) is 1. The molecule has 3 heterocycles. The number of aliphatic imine (C=N–C) groups is 1. The van der Waals surface area contributed by atoms with E-state index in [1.807, 2.05) is 29.6 Å². The van der Waals surface area contributed by atoms with E-state index in [9.17, 15) is 9.90 Å². The highest BCUT2D eigenvalue weighted by molar-refractivity contribution is 7.14. The molecule has 2 unspecified atom stereocenters. The Labute approximate surface area is 139 Å². The van der Waals surface area contributed by atoms with Gasteiger partial charge in [-0.2, -0.15) is 0 Å². The van der Waals surface area contributed by atoms with E-state index in [-0.39, 0.29) is 24.2 Å². The lowest BCUT2D eigenvalue weighted by Crippen LogP contribution is -2.50. The molecule has 0 saturated carbocycles. The minimum absolute atomic E-state index is 0.115. The molecule has 1 fully saturated rings. The van der Waals surface area contributed by atoms with Crippen LogP contribution in [0.25, 0.3) is 0 Å². The zero-order valence-corrected chi connectivity index (χ0v) is 13.5. The smallest absolute Gasteiger partial charge is 0.176 e. The van der Waals surface area contributed by atoms with Gasteiger partial charge in [0.05, 0.1) is 11.5 Å². The molecule has 0 radical (unpaired) electrons.